The lowest BCUT2D eigenvalue weighted by Gasteiger charge is -2.13. The zero-order valence-electron chi connectivity index (χ0n) is 17.5. The maximum absolute atomic E-state index is 12.5. The van der Waals surface area contributed by atoms with Crippen LogP contribution in [0.5, 0.6) is 0 Å². The van der Waals surface area contributed by atoms with E-state index in [9.17, 15) is 4.79 Å². The van der Waals surface area contributed by atoms with Crippen LogP contribution >= 0.6 is 35.0 Å². The Labute approximate surface area is 190 Å². The number of aryl methyl sites for hydroxylation is 2. The molecule has 2 aromatic heterocycles. The topological polar surface area (TPSA) is 77.6 Å². The molecular formula is C20H24Cl2N6OS. The average molecular weight is 467 g/mol. The second-order valence-corrected chi connectivity index (χ2v) is 9.23. The molecule has 1 amide bonds. The summed E-state index contributed by atoms with van der Waals surface area (Å²) in [5, 5.41) is 17.7. The Morgan fingerprint density at radius 2 is 1.97 bits per heavy atom. The summed E-state index contributed by atoms with van der Waals surface area (Å²) >= 11 is 13.8. The minimum absolute atomic E-state index is 0.121. The number of nitrogens with zero attached hydrogens (tertiary/aromatic N) is 5. The van der Waals surface area contributed by atoms with Crippen molar-refractivity contribution in [3.63, 3.8) is 0 Å². The fourth-order valence-corrected chi connectivity index (χ4v) is 4.30. The van der Waals surface area contributed by atoms with Crippen LogP contribution in [0.25, 0.3) is 11.4 Å². The first kappa shape index (κ1) is 22.7. The van der Waals surface area contributed by atoms with Crippen molar-refractivity contribution in [2.45, 2.75) is 39.4 Å². The highest BCUT2D eigenvalue weighted by Crippen LogP contribution is 2.32. The van der Waals surface area contributed by atoms with Crippen LogP contribution < -0.4 is 5.32 Å². The molecule has 0 radical (unpaired) electrons. The molecule has 0 spiro atoms. The highest BCUT2D eigenvalue weighted by Gasteiger charge is 2.19. The quantitative estimate of drug-likeness (QED) is 0.496. The van der Waals surface area contributed by atoms with E-state index in [1.54, 1.807) is 16.8 Å². The van der Waals surface area contributed by atoms with Crippen LogP contribution in [0.1, 0.15) is 25.2 Å². The molecule has 0 unspecified atom stereocenters. The number of aromatic nitrogens is 5. The number of benzene rings is 1. The number of anilines is 1. The molecule has 3 rings (SSSR count). The Balaban J connectivity index is 1.80. The minimum Gasteiger partial charge on any atom is -0.322 e. The Hall–Kier alpha value is -2.03. The summed E-state index contributed by atoms with van der Waals surface area (Å²) in [6.07, 6.45) is 0. The number of nitrogens with one attached hydrogen (secondary N) is 1. The largest absolute Gasteiger partial charge is 0.322 e. The van der Waals surface area contributed by atoms with Crippen molar-refractivity contribution in [3.05, 3.63) is 39.6 Å². The standard InChI is InChI=1S/C20H24Cl2N6OS/c1-11(2)9-28-19(15-7-6-14(21)8-16(15)22)24-25-20(28)30-10-17(29)23-18-12(3)26-27(5)13(18)4/h6-8,11H,9-10H2,1-5H3,(H,23,29). The van der Waals surface area contributed by atoms with E-state index in [4.69, 9.17) is 23.2 Å². The van der Waals surface area contributed by atoms with Gasteiger partial charge in [0.25, 0.3) is 0 Å². The van der Waals surface area contributed by atoms with Crippen LogP contribution in [0, 0.1) is 19.8 Å². The van der Waals surface area contributed by atoms with E-state index >= 15 is 0 Å². The van der Waals surface area contributed by atoms with Gasteiger partial charge in [0.05, 0.1) is 27.9 Å². The summed E-state index contributed by atoms with van der Waals surface area (Å²) < 4.78 is 3.75. The van der Waals surface area contributed by atoms with Gasteiger partial charge in [-0.3, -0.25) is 9.48 Å². The summed E-state index contributed by atoms with van der Waals surface area (Å²) in [4.78, 5) is 12.5. The smallest absolute Gasteiger partial charge is 0.234 e. The van der Waals surface area contributed by atoms with Gasteiger partial charge in [-0.25, -0.2) is 0 Å². The Morgan fingerprint density at radius 3 is 2.57 bits per heavy atom. The Morgan fingerprint density at radius 1 is 1.23 bits per heavy atom. The molecule has 0 aliphatic heterocycles. The van der Waals surface area contributed by atoms with E-state index in [1.807, 2.05) is 31.5 Å². The predicted octanol–water partition coefficient (Wildman–Crippen LogP) is 4.99. The number of carbonyl (C=O) groups excluding carboxylic acids is 1. The van der Waals surface area contributed by atoms with E-state index < -0.39 is 0 Å². The number of rotatable bonds is 7. The SMILES string of the molecule is Cc1nn(C)c(C)c1NC(=O)CSc1nnc(-c2ccc(Cl)cc2Cl)n1CC(C)C. The first-order chi connectivity index (χ1) is 14.2. The highest BCUT2D eigenvalue weighted by atomic mass is 35.5. The molecule has 0 aliphatic rings. The molecule has 1 N–H and O–H groups in total. The molecule has 0 bridgehead atoms. The number of halogens is 2. The number of hydrogen-bond donors (Lipinski definition) is 1. The van der Waals surface area contributed by atoms with Crippen molar-refractivity contribution < 1.29 is 4.79 Å². The first-order valence-electron chi connectivity index (χ1n) is 9.48. The van der Waals surface area contributed by atoms with E-state index in [1.165, 1.54) is 11.8 Å². The van der Waals surface area contributed by atoms with E-state index in [2.05, 4.69) is 34.5 Å². The molecule has 30 heavy (non-hydrogen) atoms. The lowest BCUT2D eigenvalue weighted by Crippen LogP contribution is -2.16. The molecule has 10 heteroatoms. The van der Waals surface area contributed by atoms with Gasteiger partial charge in [-0.2, -0.15) is 5.10 Å². The monoisotopic (exact) mass is 466 g/mol. The highest BCUT2D eigenvalue weighted by molar-refractivity contribution is 7.99. The van der Waals surface area contributed by atoms with Gasteiger partial charge in [0.15, 0.2) is 11.0 Å². The van der Waals surface area contributed by atoms with Crippen LogP contribution in [-0.2, 0) is 18.4 Å². The van der Waals surface area contributed by atoms with E-state index in [0.717, 1.165) is 22.6 Å². The summed E-state index contributed by atoms with van der Waals surface area (Å²) in [6, 6.07) is 5.29. The van der Waals surface area contributed by atoms with Crippen LogP contribution in [0.2, 0.25) is 10.0 Å². The molecule has 2 heterocycles. The summed E-state index contributed by atoms with van der Waals surface area (Å²) in [6.45, 7) is 8.72. The second kappa shape index (κ2) is 9.41. The van der Waals surface area contributed by atoms with Crippen molar-refractivity contribution in [2.24, 2.45) is 13.0 Å². The van der Waals surface area contributed by atoms with Crippen molar-refractivity contribution in [1.29, 1.82) is 0 Å². The van der Waals surface area contributed by atoms with Gasteiger partial charge < -0.3 is 9.88 Å². The average Bonchev–Trinajstić information content (AvgIpc) is 3.15. The fraction of sp³-hybridized carbons (Fsp3) is 0.400. The number of amides is 1. The van der Waals surface area contributed by atoms with E-state index in [-0.39, 0.29) is 11.7 Å². The van der Waals surface area contributed by atoms with Crippen molar-refractivity contribution in [1.82, 2.24) is 24.5 Å². The van der Waals surface area contributed by atoms with Gasteiger partial charge in [0.1, 0.15) is 0 Å². The molecule has 1 aromatic carbocycles. The number of hydrogen-bond acceptors (Lipinski definition) is 5. The van der Waals surface area contributed by atoms with Gasteiger partial charge in [-0.15, -0.1) is 10.2 Å². The second-order valence-electron chi connectivity index (χ2n) is 7.44. The van der Waals surface area contributed by atoms with Crippen LogP contribution in [0.15, 0.2) is 23.4 Å². The summed E-state index contributed by atoms with van der Waals surface area (Å²) in [5.41, 5.74) is 3.21. The molecular weight excluding hydrogens is 443 g/mol. The zero-order chi connectivity index (χ0) is 22.0. The zero-order valence-corrected chi connectivity index (χ0v) is 19.9. The Bertz CT molecular complexity index is 1080. The molecule has 0 aliphatic carbocycles. The lowest BCUT2D eigenvalue weighted by atomic mass is 10.2. The van der Waals surface area contributed by atoms with Crippen LogP contribution in [0.4, 0.5) is 5.69 Å². The Kier molecular flexibility index (Phi) is 7.10. The third kappa shape index (κ3) is 4.99. The number of thioether (sulfide) groups is 1. The third-order valence-corrected chi connectivity index (χ3v) is 6.06. The molecule has 3 aromatic rings. The van der Waals surface area contributed by atoms with Gasteiger partial charge in [0, 0.05) is 24.2 Å². The normalized spacial score (nSPS) is 11.3. The van der Waals surface area contributed by atoms with Gasteiger partial charge >= 0.3 is 0 Å². The van der Waals surface area contributed by atoms with Gasteiger partial charge in [-0.05, 0) is 38.0 Å². The molecule has 0 saturated heterocycles. The van der Waals surface area contributed by atoms with Gasteiger partial charge in [0.2, 0.25) is 5.91 Å². The maximum atomic E-state index is 12.5. The molecule has 0 fully saturated rings. The molecule has 7 nitrogen and oxygen atoms in total. The van der Waals surface area contributed by atoms with Crippen LogP contribution in [0.3, 0.4) is 0 Å². The van der Waals surface area contributed by atoms with Crippen molar-refractivity contribution >= 4 is 46.6 Å². The molecule has 0 saturated carbocycles. The molecule has 160 valence electrons. The third-order valence-electron chi connectivity index (χ3n) is 4.54. The fourth-order valence-electron chi connectivity index (χ4n) is 3.06. The van der Waals surface area contributed by atoms with Crippen molar-refractivity contribution in [3.8, 4) is 11.4 Å². The summed E-state index contributed by atoms with van der Waals surface area (Å²) in [7, 11) is 1.85. The first-order valence-corrected chi connectivity index (χ1v) is 11.2. The predicted molar refractivity (Wildman–Crippen MR) is 122 cm³/mol. The summed E-state index contributed by atoms with van der Waals surface area (Å²) in [5.74, 6) is 1.11. The lowest BCUT2D eigenvalue weighted by molar-refractivity contribution is -0.113. The maximum Gasteiger partial charge on any atom is 0.234 e. The van der Waals surface area contributed by atoms with Gasteiger partial charge in [-0.1, -0.05) is 48.8 Å². The number of carbonyl (C=O) groups is 1. The minimum atomic E-state index is -0.121. The molecule has 0 atom stereocenters. The van der Waals surface area contributed by atoms with Crippen LogP contribution in [-0.4, -0.2) is 36.2 Å². The van der Waals surface area contributed by atoms with E-state index in [0.29, 0.717) is 33.5 Å². The van der Waals surface area contributed by atoms with Crippen molar-refractivity contribution in [2.75, 3.05) is 11.1 Å².